The standard InChI is InChI=1S/C22H27N5O2/c1-14-20(22(29)26-12-4-6-15-5-2-3-7-17(15)26)21-24-19(28)13-18(27(21)25-14)16-8-10-23-11-9-16/h2-3,5,7,13,16,22-23,29H,4,6,8-12H2,1H3,(H,24,28). The van der Waals surface area contributed by atoms with Gasteiger partial charge in [0.25, 0.3) is 5.56 Å². The van der Waals surface area contributed by atoms with Crippen LogP contribution in [0.5, 0.6) is 0 Å². The number of aryl methyl sites for hydroxylation is 2. The Balaban J connectivity index is 1.62. The Morgan fingerprint density at radius 1 is 1.24 bits per heavy atom. The molecule has 0 spiro atoms. The largest absolute Gasteiger partial charge is 0.369 e. The van der Waals surface area contributed by atoms with Gasteiger partial charge < -0.3 is 20.3 Å². The van der Waals surface area contributed by atoms with Crippen LogP contribution in [0.4, 0.5) is 5.69 Å². The van der Waals surface area contributed by atoms with E-state index >= 15 is 0 Å². The number of benzene rings is 1. The highest BCUT2D eigenvalue weighted by Crippen LogP contribution is 2.35. The van der Waals surface area contributed by atoms with Crippen molar-refractivity contribution in [2.75, 3.05) is 24.5 Å². The quantitative estimate of drug-likeness (QED) is 0.635. The third-order valence-corrected chi connectivity index (χ3v) is 6.33. The average molecular weight is 393 g/mol. The number of hydrogen-bond acceptors (Lipinski definition) is 5. The van der Waals surface area contributed by atoms with E-state index in [1.54, 1.807) is 6.07 Å². The molecule has 5 rings (SSSR count). The van der Waals surface area contributed by atoms with Gasteiger partial charge in [0.05, 0.1) is 17.0 Å². The van der Waals surface area contributed by atoms with Gasteiger partial charge in [-0.1, -0.05) is 18.2 Å². The number of nitrogens with one attached hydrogen (secondary N) is 2. The summed E-state index contributed by atoms with van der Waals surface area (Å²) in [6.07, 6.45) is 3.12. The van der Waals surface area contributed by atoms with Crippen LogP contribution in [0.25, 0.3) is 5.65 Å². The lowest BCUT2D eigenvalue weighted by molar-refractivity contribution is 0.170. The summed E-state index contributed by atoms with van der Waals surface area (Å²) in [6, 6.07) is 9.89. The van der Waals surface area contributed by atoms with Crippen LogP contribution >= 0.6 is 0 Å². The maximum Gasteiger partial charge on any atom is 0.251 e. The molecule has 2 aliphatic heterocycles. The van der Waals surface area contributed by atoms with Crippen molar-refractivity contribution >= 4 is 11.3 Å². The van der Waals surface area contributed by atoms with E-state index in [9.17, 15) is 9.90 Å². The van der Waals surface area contributed by atoms with Crippen molar-refractivity contribution in [2.24, 2.45) is 0 Å². The summed E-state index contributed by atoms with van der Waals surface area (Å²) in [5.74, 6) is 0.293. The van der Waals surface area contributed by atoms with E-state index in [0.717, 1.165) is 62.4 Å². The summed E-state index contributed by atoms with van der Waals surface area (Å²) >= 11 is 0. The molecule has 3 N–H and O–H groups in total. The highest BCUT2D eigenvalue weighted by Gasteiger charge is 2.29. The number of nitrogens with zero attached hydrogens (tertiary/aromatic N) is 3. The van der Waals surface area contributed by atoms with Gasteiger partial charge in [0, 0.05) is 24.2 Å². The Morgan fingerprint density at radius 3 is 2.86 bits per heavy atom. The number of aromatic nitrogens is 3. The first-order valence-electron chi connectivity index (χ1n) is 10.5. The summed E-state index contributed by atoms with van der Waals surface area (Å²) in [5.41, 5.74) is 5.15. The first-order valence-corrected chi connectivity index (χ1v) is 10.5. The molecule has 3 aromatic rings. The van der Waals surface area contributed by atoms with Crippen molar-refractivity contribution < 1.29 is 5.11 Å². The van der Waals surface area contributed by atoms with Gasteiger partial charge in [-0.2, -0.15) is 5.10 Å². The summed E-state index contributed by atoms with van der Waals surface area (Å²) in [7, 11) is 0. The molecule has 152 valence electrons. The SMILES string of the molecule is Cc1nn2c(C3CCNCC3)cc(=O)[nH]c2c1C(O)N1CCCc2ccccc21. The number of para-hydroxylation sites is 1. The molecule has 1 fully saturated rings. The lowest BCUT2D eigenvalue weighted by Gasteiger charge is -2.35. The van der Waals surface area contributed by atoms with Crippen LogP contribution in [0, 0.1) is 6.92 Å². The molecule has 7 heteroatoms. The molecule has 1 saturated heterocycles. The Hall–Kier alpha value is -2.64. The van der Waals surface area contributed by atoms with E-state index in [1.807, 2.05) is 28.5 Å². The number of anilines is 1. The fourth-order valence-electron chi connectivity index (χ4n) is 4.88. The molecule has 2 aliphatic rings. The minimum atomic E-state index is -0.854. The van der Waals surface area contributed by atoms with Gasteiger partial charge >= 0.3 is 0 Å². The van der Waals surface area contributed by atoms with Crippen molar-refractivity contribution in [1.82, 2.24) is 19.9 Å². The summed E-state index contributed by atoms with van der Waals surface area (Å²) in [5, 5.41) is 19.5. The van der Waals surface area contributed by atoms with Crippen LogP contribution in [-0.2, 0) is 6.42 Å². The van der Waals surface area contributed by atoms with Crippen molar-refractivity contribution in [3.8, 4) is 0 Å². The summed E-state index contributed by atoms with van der Waals surface area (Å²) in [4.78, 5) is 17.5. The van der Waals surface area contributed by atoms with Gasteiger partial charge in [-0.3, -0.25) is 4.79 Å². The number of hydrogen-bond donors (Lipinski definition) is 3. The maximum absolute atomic E-state index is 12.5. The minimum absolute atomic E-state index is 0.140. The molecule has 0 amide bonds. The molecule has 7 nitrogen and oxygen atoms in total. The zero-order valence-corrected chi connectivity index (χ0v) is 16.7. The van der Waals surface area contributed by atoms with Gasteiger partial charge in [-0.25, -0.2) is 4.52 Å². The molecule has 1 aromatic carbocycles. The van der Waals surface area contributed by atoms with Crippen LogP contribution < -0.4 is 15.8 Å². The monoisotopic (exact) mass is 393 g/mol. The fraction of sp³-hybridized carbons (Fsp3) is 0.455. The number of piperidine rings is 1. The van der Waals surface area contributed by atoms with E-state index < -0.39 is 6.23 Å². The molecular formula is C22H27N5O2. The lowest BCUT2D eigenvalue weighted by Crippen LogP contribution is -2.34. The van der Waals surface area contributed by atoms with E-state index in [4.69, 9.17) is 5.10 Å². The normalized spacial score (nSPS) is 18.8. The van der Waals surface area contributed by atoms with Crippen molar-refractivity contribution in [3.05, 3.63) is 63.2 Å². The molecular weight excluding hydrogens is 366 g/mol. The van der Waals surface area contributed by atoms with Gasteiger partial charge in [-0.15, -0.1) is 0 Å². The van der Waals surface area contributed by atoms with E-state index in [1.165, 1.54) is 5.56 Å². The molecule has 0 saturated carbocycles. The molecule has 1 unspecified atom stereocenters. The van der Waals surface area contributed by atoms with Crippen LogP contribution in [0.15, 0.2) is 35.1 Å². The van der Waals surface area contributed by atoms with Gasteiger partial charge in [0.1, 0.15) is 5.65 Å². The molecule has 1 atom stereocenters. The second-order valence-electron chi connectivity index (χ2n) is 8.14. The lowest BCUT2D eigenvalue weighted by atomic mass is 9.94. The highest BCUT2D eigenvalue weighted by molar-refractivity contribution is 5.60. The van der Waals surface area contributed by atoms with Crippen molar-refractivity contribution in [3.63, 3.8) is 0 Å². The van der Waals surface area contributed by atoms with Crippen LogP contribution in [0.1, 0.15) is 53.9 Å². The molecule has 4 heterocycles. The smallest absolute Gasteiger partial charge is 0.251 e. The Kier molecular flexibility index (Phi) is 4.64. The fourth-order valence-corrected chi connectivity index (χ4v) is 4.88. The Morgan fingerprint density at radius 2 is 2.03 bits per heavy atom. The van der Waals surface area contributed by atoms with Gasteiger partial charge in [0.15, 0.2) is 6.23 Å². The van der Waals surface area contributed by atoms with Crippen LogP contribution in [0.2, 0.25) is 0 Å². The zero-order valence-electron chi connectivity index (χ0n) is 16.7. The first-order chi connectivity index (χ1) is 14.1. The molecule has 0 aliphatic carbocycles. The van der Waals surface area contributed by atoms with Gasteiger partial charge in [0.2, 0.25) is 0 Å². The zero-order chi connectivity index (χ0) is 20.0. The van der Waals surface area contributed by atoms with Crippen molar-refractivity contribution in [1.29, 1.82) is 0 Å². The average Bonchev–Trinajstić information content (AvgIpc) is 3.08. The van der Waals surface area contributed by atoms with Crippen LogP contribution in [0.3, 0.4) is 0 Å². The number of aliphatic hydroxyl groups is 1. The first kappa shape index (κ1) is 18.4. The number of H-pyrrole nitrogens is 1. The number of rotatable bonds is 3. The van der Waals surface area contributed by atoms with E-state index in [2.05, 4.69) is 22.4 Å². The predicted molar refractivity (Wildman–Crippen MR) is 112 cm³/mol. The third-order valence-electron chi connectivity index (χ3n) is 6.33. The molecule has 0 bridgehead atoms. The highest BCUT2D eigenvalue weighted by atomic mass is 16.3. The maximum atomic E-state index is 12.5. The topological polar surface area (TPSA) is 85.7 Å². The number of fused-ring (bicyclic) bond motifs is 2. The number of aliphatic hydroxyl groups excluding tert-OH is 1. The second kappa shape index (κ2) is 7.31. The van der Waals surface area contributed by atoms with Crippen LogP contribution in [-0.4, -0.2) is 39.3 Å². The Labute approximate surface area is 169 Å². The molecule has 2 aromatic heterocycles. The van der Waals surface area contributed by atoms with Crippen molar-refractivity contribution in [2.45, 2.75) is 44.8 Å². The van der Waals surface area contributed by atoms with E-state index in [0.29, 0.717) is 17.1 Å². The third kappa shape index (κ3) is 3.14. The van der Waals surface area contributed by atoms with E-state index in [-0.39, 0.29) is 5.56 Å². The predicted octanol–water partition coefficient (Wildman–Crippen LogP) is 2.24. The summed E-state index contributed by atoms with van der Waals surface area (Å²) in [6.45, 7) is 4.57. The molecule has 29 heavy (non-hydrogen) atoms. The minimum Gasteiger partial charge on any atom is -0.369 e. The Bertz CT molecular complexity index is 1100. The number of aromatic amines is 1. The second-order valence-corrected chi connectivity index (χ2v) is 8.14. The summed E-state index contributed by atoms with van der Waals surface area (Å²) < 4.78 is 1.85. The molecule has 0 radical (unpaired) electrons. The van der Waals surface area contributed by atoms with Gasteiger partial charge in [-0.05, 0) is 57.3 Å².